The van der Waals surface area contributed by atoms with Gasteiger partial charge < -0.3 is 10.6 Å². The molecule has 2 aromatic rings. The van der Waals surface area contributed by atoms with Crippen LogP contribution < -0.4 is 10.6 Å². The van der Waals surface area contributed by atoms with Crippen molar-refractivity contribution in [3.8, 4) is 6.07 Å². The highest BCUT2D eigenvalue weighted by Gasteiger charge is 2.02. The van der Waals surface area contributed by atoms with Gasteiger partial charge in [0.15, 0.2) is 5.11 Å². The summed E-state index contributed by atoms with van der Waals surface area (Å²) in [5.74, 6) is 0. The van der Waals surface area contributed by atoms with E-state index in [1.807, 2.05) is 12.1 Å². The van der Waals surface area contributed by atoms with Crippen molar-refractivity contribution in [2.45, 2.75) is 6.54 Å². The molecule has 0 saturated heterocycles. The maximum absolute atomic E-state index is 8.74. The molecule has 106 valence electrons. The number of benzene rings is 2. The van der Waals surface area contributed by atoms with Gasteiger partial charge in [-0.2, -0.15) is 5.26 Å². The van der Waals surface area contributed by atoms with E-state index in [-0.39, 0.29) is 0 Å². The van der Waals surface area contributed by atoms with E-state index in [4.69, 9.17) is 40.7 Å². The molecule has 0 aromatic heterocycles. The molecule has 0 aliphatic carbocycles. The molecule has 0 radical (unpaired) electrons. The number of nitriles is 1. The van der Waals surface area contributed by atoms with Gasteiger partial charge in [0, 0.05) is 12.2 Å². The lowest BCUT2D eigenvalue weighted by molar-refractivity contribution is 0.925. The summed E-state index contributed by atoms with van der Waals surface area (Å²) in [5.41, 5.74) is 2.43. The lowest BCUT2D eigenvalue weighted by Crippen LogP contribution is -2.27. The maximum Gasteiger partial charge on any atom is 0.171 e. The van der Waals surface area contributed by atoms with Crippen LogP contribution in [0.15, 0.2) is 42.5 Å². The highest BCUT2D eigenvalue weighted by Crippen LogP contribution is 2.24. The molecule has 0 heterocycles. The third-order valence-electron chi connectivity index (χ3n) is 2.71. The van der Waals surface area contributed by atoms with Crippen LogP contribution in [0.4, 0.5) is 5.69 Å². The Morgan fingerprint density at radius 3 is 2.43 bits per heavy atom. The highest BCUT2D eigenvalue weighted by atomic mass is 35.5. The predicted octanol–water partition coefficient (Wildman–Crippen LogP) is 4.35. The standard InChI is InChI=1S/C15H11Cl2N3S/c16-13-6-5-12(7-14(13)17)20-15(21)19-9-11-3-1-10(8-18)2-4-11/h1-7H,9H2,(H2,19,20,21). The minimum atomic E-state index is 0.469. The van der Waals surface area contributed by atoms with Gasteiger partial charge in [0.05, 0.1) is 21.7 Å². The van der Waals surface area contributed by atoms with Crippen molar-refractivity contribution < 1.29 is 0 Å². The largest absolute Gasteiger partial charge is 0.358 e. The molecule has 0 bridgehead atoms. The van der Waals surface area contributed by atoms with Gasteiger partial charge in [-0.05, 0) is 48.1 Å². The van der Waals surface area contributed by atoms with Crippen molar-refractivity contribution >= 4 is 46.2 Å². The summed E-state index contributed by atoms with van der Waals surface area (Å²) in [7, 11) is 0. The zero-order chi connectivity index (χ0) is 15.2. The predicted molar refractivity (Wildman–Crippen MR) is 90.7 cm³/mol. The Hall–Kier alpha value is -1.80. The average molecular weight is 336 g/mol. The molecule has 0 saturated carbocycles. The normalized spacial score (nSPS) is 9.76. The fourth-order valence-electron chi connectivity index (χ4n) is 1.63. The lowest BCUT2D eigenvalue weighted by Gasteiger charge is -2.11. The van der Waals surface area contributed by atoms with Gasteiger partial charge in [0.1, 0.15) is 0 Å². The van der Waals surface area contributed by atoms with E-state index >= 15 is 0 Å². The van der Waals surface area contributed by atoms with Gasteiger partial charge in [-0.3, -0.25) is 0 Å². The molecule has 0 amide bonds. The molecule has 0 aliphatic heterocycles. The summed E-state index contributed by atoms with van der Waals surface area (Å²) in [6, 6.07) is 14.6. The Balaban J connectivity index is 1.89. The first-order chi connectivity index (χ1) is 10.1. The quantitative estimate of drug-likeness (QED) is 0.818. The lowest BCUT2D eigenvalue weighted by atomic mass is 10.1. The third-order valence-corrected chi connectivity index (χ3v) is 3.70. The summed E-state index contributed by atoms with van der Waals surface area (Å²) in [6.07, 6.45) is 0. The molecule has 21 heavy (non-hydrogen) atoms. The van der Waals surface area contributed by atoms with Crippen molar-refractivity contribution in [3.05, 3.63) is 63.6 Å². The molecular weight excluding hydrogens is 325 g/mol. The number of hydrogen-bond acceptors (Lipinski definition) is 2. The third kappa shape index (κ3) is 4.61. The molecular formula is C15H11Cl2N3S. The van der Waals surface area contributed by atoms with Gasteiger partial charge >= 0.3 is 0 Å². The van der Waals surface area contributed by atoms with E-state index in [1.54, 1.807) is 30.3 Å². The SMILES string of the molecule is N#Cc1ccc(CNC(=S)Nc2ccc(Cl)c(Cl)c2)cc1. The first kappa shape index (κ1) is 15.6. The summed E-state index contributed by atoms with van der Waals surface area (Å²) >= 11 is 17.0. The van der Waals surface area contributed by atoms with Gasteiger partial charge in [-0.1, -0.05) is 35.3 Å². The first-order valence-electron chi connectivity index (χ1n) is 6.07. The fraction of sp³-hybridized carbons (Fsp3) is 0.0667. The minimum absolute atomic E-state index is 0.469. The Bertz CT molecular complexity index is 693. The zero-order valence-electron chi connectivity index (χ0n) is 10.9. The minimum Gasteiger partial charge on any atom is -0.358 e. The molecule has 3 nitrogen and oxygen atoms in total. The summed E-state index contributed by atoms with van der Waals surface area (Å²) < 4.78 is 0. The van der Waals surface area contributed by atoms with E-state index in [9.17, 15) is 0 Å². The molecule has 0 atom stereocenters. The van der Waals surface area contributed by atoms with Gasteiger partial charge in [0.2, 0.25) is 0 Å². The fourth-order valence-corrected chi connectivity index (χ4v) is 2.12. The van der Waals surface area contributed by atoms with Crippen LogP contribution >= 0.6 is 35.4 Å². The Morgan fingerprint density at radius 1 is 1.10 bits per heavy atom. The van der Waals surface area contributed by atoms with Crippen molar-refractivity contribution in [2.24, 2.45) is 0 Å². The van der Waals surface area contributed by atoms with Crippen molar-refractivity contribution in [3.63, 3.8) is 0 Å². The van der Waals surface area contributed by atoms with Crippen LogP contribution in [0.5, 0.6) is 0 Å². The first-order valence-corrected chi connectivity index (χ1v) is 7.24. The molecule has 2 rings (SSSR count). The number of nitrogens with one attached hydrogen (secondary N) is 2. The number of rotatable bonds is 3. The second-order valence-corrected chi connectivity index (χ2v) is 5.47. The highest BCUT2D eigenvalue weighted by molar-refractivity contribution is 7.80. The van der Waals surface area contributed by atoms with E-state index in [0.717, 1.165) is 11.3 Å². The van der Waals surface area contributed by atoms with Crippen LogP contribution in [0.3, 0.4) is 0 Å². The number of hydrogen-bond donors (Lipinski definition) is 2. The van der Waals surface area contributed by atoms with Crippen molar-refractivity contribution in [1.29, 1.82) is 5.26 Å². The van der Waals surface area contributed by atoms with Crippen LogP contribution in [0, 0.1) is 11.3 Å². The van der Waals surface area contributed by atoms with Gasteiger partial charge in [0.25, 0.3) is 0 Å². The zero-order valence-corrected chi connectivity index (χ0v) is 13.2. The van der Waals surface area contributed by atoms with Crippen LogP contribution in [-0.2, 0) is 6.54 Å². The summed E-state index contributed by atoms with van der Waals surface area (Å²) in [5, 5.41) is 16.3. The van der Waals surface area contributed by atoms with E-state index in [1.165, 1.54) is 0 Å². The van der Waals surface area contributed by atoms with Crippen LogP contribution in [0.2, 0.25) is 10.0 Å². The topological polar surface area (TPSA) is 47.9 Å². The van der Waals surface area contributed by atoms with E-state index < -0.39 is 0 Å². The summed E-state index contributed by atoms with van der Waals surface area (Å²) in [4.78, 5) is 0. The second kappa shape index (κ2) is 7.28. The molecule has 0 fully saturated rings. The van der Waals surface area contributed by atoms with Crippen LogP contribution in [0.25, 0.3) is 0 Å². The molecule has 2 aromatic carbocycles. The Morgan fingerprint density at radius 2 is 1.81 bits per heavy atom. The van der Waals surface area contributed by atoms with Gasteiger partial charge in [-0.15, -0.1) is 0 Å². The number of nitrogens with zero attached hydrogens (tertiary/aromatic N) is 1. The summed E-state index contributed by atoms with van der Waals surface area (Å²) in [6.45, 7) is 0.568. The van der Waals surface area contributed by atoms with E-state index in [0.29, 0.717) is 27.3 Å². The number of halogens is 2. The molecule has 0 unspecified atom stereocenters. The van der Waals surface area contributed by atoms with Crippen LogP contribution in [-0.4, -0.2) is 5.11 Å². The molecule has 0 aliphatic rings. The Labute approximate surface area is 138 Å². The number of anilines is 1. The van der Waals surface area contributed by atoms with Gasteiger partial charge in [-0.25, -0.2) is 0 Å². The molecule has 6 heteroatoms. The monoisotopic (exact) mass is 335 g/mol. The molecule has 2 N–H and O–H groups in total. The smallest absolute Gasteiger partial charge is 0.171 e. The molecule has 0 spiro atoms. The van der Waals surface area contributed by atoms with E-state index in [2.05, 4.69) is 16.7 Å². The maximum atomic E-state index is 8.74. The number of thiocarbonyl (C=S) groups is 1. The second-order valence-electron chi connectivity index (χ2n) is 4.25. The van der Waals surface area contributed by atoms with Crippen molar-refractivity contribution in [1.82, 2.24) is 5.32 Å². The average Bonchev–Trinajstić information content (AvgIpc) is 2.49. The van der Waals surface area contributed by atoms with Crippen LogP contribution in [0.1, 0.15) is 11.1 Å². The van der Waals surface area contributed by atoms with Crippen molar-refractivity contribution in [2.75, 3.05) is 5.32 Å². The Kier molecular flexibility index (Phi) is 5.40.